The van der Waals surface area contributed by atoms with Gasteiger partial charge in [0.2, 0.25) is 0 Å². The van der Waals surface area contributed by atoms with Crippen molar-refractivity contribution in [3.05, 3.63) is 34.7 Å². The van der Waals surface area contributed by atoms with Gasteiger partial charge in [0, 0.05) is 6.54 Å². The lowest BCUT2D eigenvalue weighted by atomic mass is 10.2. The maximum atomic E-state index is 12.1. The second kappa shape index (κ2) is 7.49. The first-order valence-corrected chi connectivity index (χ1v) is 8.31. The highest BCUT2D eigenvalue weighted by Gasteiger charge is 2.34. The molecule has 2 amide bonds. The van der Waals surface area contributed by atoms with Crippen LogP contribution in [-0.4, -0.2) is 29.2 Å². The summed E-state index contributed by atoms with van der Waals surface area (Å²) < 4.78 is 5.62. The first kappa shape index (κ1) is 16.6. The van der Waals surface area contributed by atoms with Crippen molar-refractivity contribution in [2.45, 2.75) is 27.2 Å². The third kappa shape index (κ3) is 4.13. The molecule has 1 aliphatic rings. The fraction of sp³-hybridized carbons (Fsp3) is 0.412. The molecule has 1 fully saturated rings. The fourth-order valence-electron chi connectivity index (χ4n) is 1.99. The van der Waals surface area contributed by atoms with Gasteiger partial charge < -0.3 is 4.74 Å². The number of amides is 2. The van der Waals surface area contributed by atoms with Crippen LogP contribution in [0, 0.1) is 5.92 Å². The van der Waals surface area contributed by atoms with Gasteiger partial charge in [0.1, 0.15) is 5.75 Å². The van der Waals surface area contributed by atoms with Crippen molar-refractivity contribution in [2.24, 2.45) is 5.92 Å². The maximum absolute atomic E-state index is 12.1. The average molecular weight is 319 g/mol. The van der Waals surface area contributed by atoms with Gasteiger partial charge in [-0.2, -0.15) is 0 Å². The molecule has 4 nitrogen and oxygen atoms in total. The number of thioether (sulfide) groups is 1. The third-order valence-corrected chi connectivity index (χ3v) is 3.99. The predicted molar refractivity (Wildman–Crippen MR) is 89.7 cm³/mol. The smallest absolute Gasteiger partial charge is 0.293 e. The first-order chi connectivity index (χ1) is 10.5. The molecule has 0 bridgehead atoms. The van der Waals surface area contributed by atoms with E-state index in [0.29, 0.717) is 24.0 Å². The highest BCUT2D eigenvalue weighted by Crippen LogP contribution is 2.32. The van der Waals surface area contributed by atoms with Gasteiger partial charge in [0.05, 0.1) is 11.5 Å². The summed E-state index contributed by atoms with van der Waals surface area (Å²) in [5.74, 6) is 1.09. The lowest BCUT2D eigenvalue weighted by molar-refractivity contribution is -0.122. The molecule has 0 radical (unpaired) electrons. The van der Waals surface area contributed by atoms with E-state index in [0.717, 1.165) is 29.5 Å². The van der Waals surface area contributed by atoms with Crippen LogP contribution in [0.3, 0.4) is 0 Å². The van der Waals surface area contributed by atoms with Crippen molar-refractivity contribution < 1.29 is 14.3 Å². The highest BCUT2D eigenvalue weighted by molar-refractivity contribution is 8.18. The normalized spacial score (nSPS) is 16.9. The topological polar surface area (TPSA) is 46.6 Å². The van der Waals surface area contributed by atoms with Crippen molar-refractivity contribution >= 4 is 29.0 Å². The Labute approximate surface area is 135 Å². The molecule has 2 rings (SSSR count). The molecule has 0 saturated carbocycles. The number of ether oxygens (including phenoxy) is 1. The van der Waals surface area contributed by atoms with Crippen LogP contribution in [0.2, 0.25) is 0 Å². The lowest BCUT2D eigenvalue weighted by Crippen LogP contribution is -2.28. The molecule has 1 saturated heterocycles. The Morgan fingerprint density at radius 2 is 1.91 bits per heavy atom. The van der Waals surface area contributed by atoms with E-state index in [1.54, 1.807) is 6.08 Å². The third-order valence-electron chi connectivity index (χ3n) is 3.08. The van der Waals surface area contributed by atoms with E-state index >= 15 is 0 Å². The Balaban J connectivity index is 2.06. The van der Waals surface area contributed by atoms with Gasteiger partial charge in [-0.3, -0.25) is 14.5 Å². The average Bonchev–Trinajstić information content (AvgIpc) is 2.74. The first-order valence-electron chi connectivity index (χ1n) is 7.49. The summed E-state index contributed by atoms with van der Waals surface area (Å²) in [4.78, 5) is 25.7. The largest absolute Gasteiger partial charge is 0.493 e. The van der Waals surface area contributed by atoms with Crippen molar-refractivity contribution in [1.82, 2.24) is 4.90 Å². The quantitative estimate of drug-likeness (QED) is 0.738. The molecular formula is C17H21NO3S. The standard InChI is InChI=1S/C17H21NO3S/c1-4-9-18-16(19)15(22-17(18)20)10-13-5-7-14(8-6-13)21-11-12(2)3/h5-8,10,12H,4,9,11H2,1-3H3/b15-10-. The van der Waals surface area contributed by atoms with Gasteiger partial charge in [-0.15, -0.1) is 0 Å². The Morgan fingerprint density at radius 1 is 1.23 bits per heavy atom. The number of nitrogens with zero attached hydrogens (tertiary/aromatic N) is 1. The van der Waals surface area contributed by atoms with Crippen molar-refractivity contribution in [1.29, 1.82) is 0 Å². The van der Waals surface area contributed by atoms with E-state index in [2.05, 4.69) is 13.8 Å². The van der Waals surface area contributed by atoms with E-state index in [4.69, 9.17) is 4.74 Å². The molecule has 5 heteroatoms. The number of rotatable bonds is 6. The number of carbonyl (C=O) groups is 2. The minimum absolute atomic E-state index is 0.185. The van der Waals surface area contributed by atoms with Crippen LogP contribution >= 0.6 is 11.8 Å². The molecule has 0 N–H and O–H groups in total. The lowest BCUT2D eigenvalue weighted by Gasteiger charge is -2.09. The molecule has 0 unspecified atom stereocenters. The zero-order chi connectivity index (χ0) is 16.1. The summed E-state index contributed by atoms with van der Waals surface area (Å²) in [6.45, 7) is 7.30. The minimum atomic E-state index is -0.197. The molecule has 1 aromatic rings. The van der Waals surface area contributed by atoms with Crippen LogP contribution in [0.5, 0.6) is 5.75 Å². The van der Waals surface area contributed by atoms with Gasteiger partial charge in [0.15, 0.2) is 0 Å². The Hall–Kier alpha value is -1.75. The molecule has 118 valence electrons. The summed E-state index contributed by atoms with van der Waals surface area (Å²) in [6.07, 6.45) is 2.53. The molecule has 0 aliphatic carbocycles. The van der Waals surface area contributed by atoms with E-state index in [-0.39, 0.29) is 11.1 Å². The maximum Gasteiger partial charge on any atom is 0.293 e. The van der Waals surface area contributed by atoms with Crippen molar-refractivity contribution in [3.63, 3.8) is 0 Å². The summed E-state index contributed by atoms with van der Waals surface area (Å²) >= 11 is 1.00. The van der Waals surface area contributed by atoms with Gasteiger partial charge in [-0.05, 0) is 47.9 Å². The van der Waals surface area contributed by atoms with Gasteiger partial charge >= 0.3 is 0 Å². The molecule has 22 heavy (non-hydrogen) atoms. The summed E-state index contributed by atoms with van der Waals surface area (Å²) in [7, 11) is 0. The van der Waals surface area contributed by atoms with Crippen LogP contribution < -0.4 is 4.74 Å². The summed E-state index contributed by atoms with van der Waals surface area (Å²) in [5.41, 5.74) is 0.888. The number of hydrogen-bond acceptors (Lipinski definition) is 4. The zero-order valence-corrected chi connectivity index (χ0v) is 14.0. The van der Waals surface area contributed by atoms with Gasteiger partial charge in [0.25, 0.3) is 11.1 Å². The SMILES string of the molecule is CCCN1C(=O)S/C(=C\c2ccc(OCC(C)C)cc2)C1=O. The molecule has 1 heterocycles. The van der Waals surface area contributed by atoms with Crippen LogP contribution in [-0.2, 0) is 4.79 Å². The monoisotopic (exact) mass is 319 g/mol. The molecular weight excluding hydrogens is 298 g/mol. The highest BCUT2D eigenvalue weighted by atomic mass is 32.2. The van der Waals surface area contributed by atoms with Gasteiger partial charge in [-0.1, -0.05) is 32.9 Å². The second-order valence-electron chi connectivity index (χ2n) is 5.61. The van der Waals surface area contributed by atoms with Crippen LogP contribution in [0.15, 0.2) is 29.2 Å². The fourth-order valence-corrected chi connectivity index (χ4v) is 2.86. The van der Waals surface area contributed by atoms with E-state index in [9.17, 15) is 9.59 Å². The second-order valence-corrected chi connectivity index (χ2v) is 6.60. The molecule has 1 aliphatic heterocycles. The van der Waals surface area contributed by atoms with Crippen molar-refractivity contribution in [2.75, 3.05) is 13.2 Å². The predicted octanol–water partition coefficient (Wildman–Crippen LogP) is 4.17. The van der Waals surface area contributed by atoms with E-state index in [1.165, 1.54) is 4.90 Å². The summed E-state index contributed by atoms with van der Waals surface area (Å²) in [5, 5.41) is -0.185. The zero-order valence-electron chi connectivity index (χ0n) is 13.2. The Bertz CT molecular complexity index is 578. The Kier molecular flexibility index (Phi) is 5.66. The van der Waals surface area contributed by atoms with E-state index in [1.807, 2.05) is 31.2 Å². The van der Waals surface area contributed by atoms with Crippen LogP contribution in [0.1, 0.15) is 32.8 Å². The Morgan fingerprint density at radius 3 is 2.50 bits per heavy atom. The minimum Gasteiger partial charge on any atom is -0.493 e. The molecule has 0 atom stereocenters. The summed E-state index contributed by atoms with van der Waals surface area (Å²) in [6, 6.07) is 7.54. The number of hydrogen-bond donors (Lipinski definition) is 0. The van der Waals surface area contributed by atoms with Crippen molar-refractivity contribution in [3.8, 4) is 5.75 Å². The van der Waals surface area contributed by atoms with Gasteiger partial charge in [-0.25, -0.2) is 0 Å². The van der Waals surface area contributed by atoms with Crippen LogP contribution in [0.4, 0.5) is 4.79 Å². The number of imide groups is 1. The number of carbonyl (C=O) groups excluding carboxylic acids is 2. The molecule has 0 aromatic heterocycles. The number of benzene rings is 1. The molecule has 1 aromatic carbocycles. The molecule has 0 spiro atoms. The van der Waals surface area contributed by atoms with Crippen LogP contribution in [0.25, 0.3) is 6.08 Å². The van der Waals surface area contributed by atoms with E-state index < -0.39 is 0 Å².